The van der Waals surface area contributed by atoms with Crippen molar-refractivity contribution in [1.82, 2.24) is 4.72 Å². The predicted molar refractivity (Wildman–Crippen MR) is 104 cm³/mol. The Bertz CT molecular complexity index is 890. The first-order valence-electron chi connectivity index (χ1n) is 8.01. The van der Waals surface area contributed by atoms with Crippen LogP contribution in [0.25, 0.3) is 11.3 Å². The summed E-state index contributed by atoms with van der Waals surface area (Å²) in [7, 11) is -4.88. The van der Waals surface area contributed by atoms with E-state index >= 15 is 0 Å². The summed E-state index contributed by atoms with van der Waals surface area (Å²) in [6.45, 7) is 5.87. The van der Waals surface area contributed by atoms with Crippen LogP contribution < -0.4 is 9.15 Å². The van der Waals surface area contributed by atoms with Gasteiger partial charge in [0.1, 0.15) is 0 Å². The van der Waals surface area contributed by atoms with Gasteiger partial charge in [0.2, 0.25) is 25.0 Å². The van der Waals surface area contributed by atoms with E-state index in [0.717, 1.165) is 12.1 Å². The van der Waals surface area contributed by atoms with Crippen LogP contribution in [0.2, 0.25) is 19.6 Å². The normalized spacial score (nSPS) is 13.1. The number of thiol groups is 1. The number of hydrogen-bond acceptors (Lipinski definition) is 5. The molecule has 1 aromatic heterocycles. The molecule has 0 bridgehead atoms. The maximum absolute atomic E-state index is 13.6. The molecule has 2 rings (SSSR count). The predicted octanol–water partition coefficient (Wildman–Crippen LogP) is 4.09. The van der Waals surface area contributed by atoms with Gasteiger partial charge in [-0.1, -0.05) is 15.9 Å². The van der Waals surface area contributed by atoms with Crippen LogP contribution in [0.15, 0.2) is 22.6 Å². The topological polar surface area (TPSA) is 88.8 Å². The number of rotatable bonds is 8. The highest BCUT2D eigenvalue weighted by Gasteiger charge is 2.30. The molecule has 0 aliphatic heterocycles. The van der Waals surface area contributed by atoms with Gasteiger partial charge in [0.05, 0.1) is 4.83 Å². The second kappa shape index (κ2) is 8.72. The lowest BCUT2D eigenvalue weighted by Crippen LogP contribution is -2.29. The maximum atomic E-state index is 13.6. The molecule has 2 N–H and O–H groups in total. The number of halogens is 3. The van der Waals surface area contributed by atoms with Crippen molar-refractivity contribution in [2.75, 3.05) is 6.54 Å². The van der Waals surface area contributed by atoms with Crippen LogP contribution in [0.5, 0.6) is 11.5 Å². The molecular weight excluding hydrogens is 464 g/mol. The van der Waals surface area contributed by atoms with E-state index in [4.69, 9.17) is 8.84 Å². The monoisotopic (exact) mass is 483 g/mol. The lowest BCUT2D eigenvalue weighted by atomic mass is 10.1. The lowest BCUT2D eigenvalue weighted by molar-refractivity contribution is 0.438. The van der Waals surface area contributed by atoms with E-state index in [1.54, 1.807) is 0 Å². The van der Waals surface area contributed by atoms with E-state index < -0.39 is 35.7 Å². The van der Waals surface area contributed by atoms with Crippen molar-refractivity contribution in [3.05, 3.63) is 35.6 Å². The van der Waals surface area contributed by atoms with E-state index in [-0.39, 0.29) is 35.1 Å². The van der Waals surface area contributed by atoms with Crippen LogP contribution in [0.3, 0.4) is 0 Å². The lowest BCUT2D eigenvalue weighted by Gasteiger charge is -2.20. The van der Waals surface area contributed by atoms with Crippen LogP contribution in [0, 0.1) is 11.6 Å². The quantitative estimate of drug-likeness (QED) is 0.299. The fourth-order valence-electron chi connectivity index (χ4n) is 2.28. The molecule has 0 aliphatic carbocycles. The van der Waals surface area contributed by atoms with Gasteiger partial charge in [-0.15, -0.1) is 0 Å². The molecule has 1 atom stereocenters. The van der Waals surface area contributed by atoms with Crippen LogP contribution in [0.1, 0.15) is 17.0 Å². The first-order valence-corrected chi connectivity index (χ1v) is 13.5. The summed E-state index contributed by atoms with van der Waals surface area (Å²) in [6.07, 6.45) is 0.315. The molecule has 0 fully saturated rings. The molecule has 27 heavy (non-hydrogen) atoms. The number of aromatic hydroxyl groups is 1. The van der Waals surface area contributed by atoms with Crippen molar-refractivity contribution in [2.24, 2.45) is 0 Å². The molecule has 2 aromatic rings. The van der Waals surface area contributed by atoms with Crippen LogP contribution >= 0.6 is 15.9 Å². The Morgan fingerprint density at radius 3 is 2.52 bits per heavy atom. The van der Waals surface area contributed by atoms with Crippen LogP contribution in [0.4, 0.5) is 8.78 Å². The van der Waals surface area contributed by atoms with Gasteiger partial charge >= 0.3 is 0 Å². The highest BCUT2D eigenvalue weighted by Crippen LogP contribution is 2.48. The minimum absolute atomic E-state index is 0.0514. The number of nitrogens with one attached hydrogen (secondary N) is 1. The molecule has 150 valence electrons. The van der Waals surface area contributed by atoms with E-state index in [1.807, 2.05) is 19.6 Å². The minimum Gasteiger partial charge on any atom is -0.539 e. The Morgan fingerprint density at radius 2 is 1.96 bits per heavy atom. The van der Waals surface area contributed by atoms with Gasteiger partial charge in [0.15, 0.2) is 28.9 Å². The Labute approximate surface area is 166 Å². The fraction of sp³-hybridized carbons (Fsp3) is 0.375. The zero-order valence-corrected chi connectivity index (χ0v) is 18.4. The molecule has 0 saturated heterocycles. The van der Waals surface area contributed by atoms with Crippen molar-refractivity contribution in [1.29, 1.82) is 0 Å². The zero-order valence-electron chi connectivity index (χ0n) is 14.9. The minimum atomic E-state index is -2.73. The van der Waals surface area contributed by atoms with Gasteiger partial charge in [-0.2, -0.15) is 0 Å². The second-order valence-corrected chi connectivity index (χ2v) is 13.1. The summed E-state index contributed by atoms with van der Waals surface area (Å²) in [5.41, 5.74) is 0.151. The molecule has 6 nitrogen and oxygen atoms in total. The summed E-state index contributed by atoms with van der Waals surface area (Å²) >= 11 is 3.40. The second-order valence-electron chi connectivity index (χ2n) is 6.74. The molecular formula is C16H20BrF2NO5SSi. The average Bonchev–Trinajstić information content (AvgIpc) is 2.85. The van der Waals surface area contributed by atoms with Crippen molar-refractivity contribution in [3.8, 4) is 22.8 Å². The van der Waals surface area contributed by atoms with Gasteiger partial charge in [0, 0.05) is 12.1 Å². The van der Waals surface area contributed by atoms with E-state index in [1.165, 1.54) is 6.07 Å². The van der Waals surface area contributed by atoms with Gasteiger partial charge in [-0.3, -0.25) is 0 Å². The zero-order chi connectivity index (χ0) is 20.4. The van der Waals surface area contributed by atoms with Crippen LogP contribution in [-0.2, 0) is 10.9 Å². The van der Waals surface area contributed by atoms with Crippen molar-refractivity contribution < 1.29 is 31.1 Å². The fourth-order valence-corrected chi connectivity index (χ4v) is 3.93. The Kier molecular flexibility index (Phi) is 7.06. The summed E-state index contributed by atoms with van der Waals surface area (Å²) in [5, 5.41) is 10.6. The van der Waals surface area contributed by atoms with Crippen LogP contribution in [-0.4, -0.2) is 28.4 Å². The smallest absolute Gasteiger partial charge is 0.242 e. The molecule has 1 unspecified atom stereocenters. The van der Waals surface area contributed by atoms with Crippen molar-refractivity contribution in [3.63, 3.8) is 0 Å². The number of furan rings is 1. The standard InChI is InChI=1S/C16H20BrF2NO5SSi/c1-27(2,3)25-16-13(21)14(9-4-5-11(18)12(19)8-9)24-15(16)10(17)6-7-20-26(22)23/h4-5,8,10,21,26H,6-7H2,1-3H3,(H,20,22,23). The summed E-state index contributed by atoms with van der Waals surface area (Å²) in [5.74, 6) is -2.09. The van der Waals surface area contributed by atoms with Crippen molar-refractivity contribution >= 4 is 35.1 Å². The molecule has 11 heteroatoms. The molecule has 0 radical (unpaired) electrons. The van der Waals surface area contributed by atoms with Gasteiger partial charge in [-0.05, 0) is 44.3 Å². The van der Waals surface area contributed by atoms with E-state index in [9.17, 15) is 22.3 Å². The van der Waals surface area contributed by atoms with E-state index in [0.29, 0.717) is 6.42 Å². The summed E-state index contributed by atoms with van der Waals surface area (Å²) in [6, 6.07) is 3.14. The molecule has 0 spiro atoms. The maximum Gasteiger partial charge on any atom is 0.242 e. The molecule has 0 aliphatic rings. The van der Waals surface area contributed by atoms with Gasteiger partial charge < -0.3 is 13.9 Å². The highest BCUT2D eigenvalue weighted by molar-refractivity contribution is 9.09. The third kappa shape index (κ3) is 5.77. The molecule has 0 amide bonds. The Balaban J connectivity index is 2.45. The number of hydrogen-bond donors (Lipinski definition) is 3. The summed E-state index contributed by atoms with van der Waals surface area (Å²) in [4.78, 5) is -0.476. The summed E-state index contributed by atoms with van der Waals surface area (Å²) < 4.78 is 62.0. The Hall–Kier alpha value is -1.43. The SMILES string of the molecule is C[Si](C)(C)Oc1c(C(Br)CCN[SH](=O)=O)oc(-c2ccc(F)c(F)c2)c1O. The largest absolute Gasteiger partial charge is 0.539 e. The van der Waals surface area contributed by atoms with Gasteiger partial charge in [-0.25, -0.2) is 21.9 Å². The molecule has 0 saturated carbocycles. The third-order valence-corrected chi connectivity index (χ3v) is 5.55. The van der Waals surface area contributed by atoms with E-state index in [2.05, 4.69) is 20.7 Å². The molecule has 1 aromatic carbocycles. The number of benzene rings is 1. The third-order valence-electron chi connectivity index (χ3n) is 3.38. The average molecular weight is 484 g/mol. The number of alkyl halides is 1. The van der Waals surface area contributed by atoms with Gasteiger partial charge in [0.25, 0.3) is 0 Å². The highest BCUT2D eigenvalue weighted by atomic mass is 79.9. The molecule has 1 heterocycles. The first kappa shape index (κ1) is 21.9. The first-order chi connectivity index (χ1) is 12.5. The Morgan fingerprint density at radius 1 is 1.30 bits per heavy atom. The van der Waals surface area contributed by atoms with Crippen molar-refractivity contribution in [2.45, 2.75) is 30.9 Å².